The van der Waals surface area contributed by atoms with Crippen molar-refractivity contribution in [1.82, 2.24) is 0 Å². The second-order valence-corrected chi connectivity index (χ2v) is 8.09. The van der Waals surface area contributed by atoms with Gasteiger partial charge in [-0.2, -0.15) is 0 Å². The molecule has 20 nitrogen and oxygen atoms in total. The largest absolute Gasteiger partial charge is 4.00 e. The molecule has 0 saturated carbocycles. The third kappa shape index (κ3) is 129. The fraction of sp³-hybridized carbons (Fsp3) is 0.750. The third-order valence-electron chi connectivity index (χ3n) is 3.73. The van der Waals surface area contributed by atoms with E-state index >= 15 is 0 Å². The number of carboxylic acids is 4. The van der Waals surface area contributed by atoms with Crippen molar-refractivity contribution >= 4 is 47.8 Å². The number of aliphatic carboxylic acids is 4. The number of aliphatic hydroxyl groups is 4. The first kappa shape index (κ1) is 70.8. The van der Waals surface area contributed by atoms with E-state index in [0.717, 1.165) is 0 Å². The number of esters is 4. The van der Waals surface area contributed by atoms with Gasteiger partial charge in [-0.3, -0.25) is 19.2 Å². The topological polar surface area (TPSA) is 347 Å². The molecule has 0 saturated heterocycles. The first-order valence-electron chi connectivity index (χ1n) is 16.2. The van der Waals surface area contributed by atoms with Gasteiger partial charge < -0.3 is 79.0 Å². The second-order valence-electron chi connectivity index (χ2n) is 8.09. The van der Waals surface area contributed by atoms with Crippen molar-refractivity contribution < 1.29 is 120 Å². The Morgan fingerprint density at radius 3 is 0.509 bits per heavy atom. The zero-order valence-electron chi connectivity index (χ0n) is 32.1. The molecular formula is C32H60O20Ti. The van der Waals surface area contributed by atoms with Crippen LogP contribution >= 0.6 is 0 Å². The van der Waals surface area contributed by atoms with Crippen molar-refractivity contribution in [3.05, 3.63) is 0 Å². The molecule has 4 N–H and O–H groups in total. The predicted molar refractivity (Wildman–Crippen MR) is 175 cm³/mol. The average molecular weight is 813 g/mol. The van der Waals surface area contributed by atoms with Crippen LogP contribution in [-0.4, -0.2) is 121 Å². The summed E-state index contributed by atoms with van der Waals surface area (Å²) in [5, 5.41) is 69.6. The molecule has 0 amide bonds. The standard InChI is InChI=1S/4C5H10O3.4C3H6O2.Ti/c4*1-2-5(7)8-4-3-6;4*1-2-3(4)5;/h4*6H,2-4H2,1H3;4*2H2,1H3,(H,4,5);/q;;;;;;;;+4/p-4. The minimum Gasteiger partial charge on any atom is -0.550 e. The van der Waals surface area contributed by atoms with Crippen LogP contribution in [0.5, 0.6) is 0 Å². The second kappa shape index (κ2) is 66.5. The van der Waals surface area contributed by atoms with E-state index in [1.807, 2.05) is 0 Å². The summed E-state index contributed by atoms with van der Waals surface area (Å²) in [4.78, 5) is 78.0. The summed E-state index contributed by atoms with van der Waals surface area (Å²) in [6, 6.07) is 0. The van der Waals surface area contributed by atoms with Crippen LogP contribution in [0.3, 0.4) is 0 Å². The molecule has 0 unspecified atom stereocenters. The van der Waals surface area contributed by atoms with Crippen molar-refractivity contribution in [1.29, 1.82) is 0 Å². The molecule has 0 aliphatic rings. The van der Waals surface area contributed by atoms with Crippen molar-refractivity contribution in [3.63, 3.8) is 0 Å². The van der Waals surface area contributed by atoms with E-state index in [4.69, 9.17) is 20.4 Å². The van der Waals surface area contributed by atoms with E-state index in [1.54, 1.807) is 27.7 Å². The molecule has 0 radical (unpaired) electrons. The van der Waals surface area contributed by atoms with Crippen LogP contribution in [0.1, 0.15) is 107 Å². The first-order chi connectivity index (χ1) is 24.3. The summed E-state index contributed by atoms with van der Waals surface area (Å²) in [5.41, 5.74) is 0. The number of ether oxygens (including phenoxy) is 4. The minimum atomic E-state index is -0.995. The van der Waals surface area contributed by atoms with Gasteiger partial charge in [-0.15, -0.1) is 0 Å². The molecule has 0 spiro atoms. The molecule has 53 heavy (non-hydrogen) atoms. The molecule has 0 aliphatic heterocycles. The number of hydrogen-bond acceptors (Lipinski definition) is 20. The van der Waals surface area contributed by atoms with Gasteiger partial charge in [-0.05, 0) is 25.7 Å². The van der Waals surface area contributed by atoms with Gasteiger partial charge in [0.1, 0.15) is 26.4 Å². The zero-order chi connectivity index (χ0) is 42.8. The number of carboxylic acid groups (broad SMARTS) is 4. The quantitative estimate of drug-likeness (QED) is 0.0662. The minimum absolute atomic E-state index is 0. The van der Waals surface area contributed by atoms with Crippen LogP contribution in [0.15, 0.2) is 0 Å². The van der Waals surface area contributed by atoms with Crippen LogP contribution in [0.2, 0.25) is 0 Å². The predicted octanol–water partition coefficient (Wildman–Crippen LogP) is -3.69. The molecule has 0 aromatic rings. The maximum Gasteiger partial charge on any atom is 4.00 e. The van der Waals surface area contributed by atoms with Crippen LogP contribution < -0.4 is 20.4 Å². The summed E-state index contributed by atoms with van der Waals surface area (Å²) in [5.74, 6) is -5.04. The van der Waals surface area contributed by atoms with Gasteiger partial charge in [-0.25, -0.2) is 0 Å². The fourth-order valence-corrected chi connectivity index (χ4v) is 1.05. The molecule has 0 heterocycles. The number of aliphatic hydroxyl groups excluding tert-OH is 4. The first-order valence-corrected chi connectivity index (χ1v) is 16.2. The maximum atomic E-state index is 10.2. The molecule has 0 aliphatic carbocycles. The van der Waals surface area contributed by atoms with Gasteiger partial charge >= 0.3 is 45.6 Å². The molecule has 0 atom stereocenters. The van der Waals surface area contributed by atoms with Gasteiger partial charge in [0.25, 0.3) is 0 Å². The van der Waals surface area contributed by atoms with Crippen LogP contribution in [0.4, 0.5) is 0 Å². The zero-order valence-corrected chi connectivity index (χ0v) is 33.7. The third-order valence-corrected chi connectivity index (χ3v) is 3.73. The fourth-order valence-electron chi connectivity index (χ4n) is 1.05. The summed E-state index contributed by atoms with van der Waals surface area (Å²) in [6.45, 7) is 13.1. The Hall–Kier alpha value is -3.69. The average Bonchev–Trinajstić information content (AvgIpc) is 3.15. The van der Waals surface area contributed by atoms with E-state index in [-0.39, 0.29) is 124 Å². The number of carbonyl (C=O) groups is 8. The molecule has 0 fully saturated rings. The molecule has 21 heteroatoms. The van der Waals surface area contributed by atoms with Crippen molar-refractivity contribution in [2.75, 3.05) is 52.9 Å². The molecular weight excluding hydrogens is 752 g/mol. The summed E-state index contributed by atoms with van der Waals surface area (Å²) < 4.78 is 17.8. The summed E-state index contributed by atoms with van der Waals surface area (Å²) >= 11 is 0. The Bertz CT molecular complexity index is 717. The van der Waals surface area contributed by atoms with Gasteiger partial charge in [0.15, 0.2) is 0 Å². The Morgan fingerprint density at radius 1 is 0.340 bits per heavy atom. The van der Waals surface area contributed by atoms with E-state index in [1.165, 1.54) is 27.7 Å². The number of rotatable bonds is 16. The Morgan fingerprint density at radius 2 is 0.453 bits per heavy atom. The van der Waals surface area contributed by atoms with E-state index < -0.39 is 23.9 Å². The van der Waals surface area contributed by atoms with Crippen LogP contribution in [0.25, 0.3) is 0 Å². The van der Waals surface area contributed by atoms with Gasteiger partial charge in [-0.1, -0.05) is 55.4 Å². The summed E-state index contributed by atoms with van der Waals surface area (Å²) in [7, 11) is 0. The van der Waals surface area contributed by atoms with E-state index in [2.05, 4.69) is 18.9 Å². The summed E-state index contributed by atoms with van der Waals surface area (Å²) in [6.07, 6.45) is 1.94. The maximum absolute atomic E-state index is 10.2. The Kier molecular flexibility index (Phi) is 88.9. The SMILES string of the molecule is CCC(=O)OCCO.CCC(=O)OCCO.CCC(=O)OCCO.CCC(=O)OCCO.CCC(=O)[O-].CCC(=O)[O-].CCC(=O)[O-].CCC(=O)[O-].[Ti+4]. The number of carbonyl (C=O) groups excluding carboxylic acids is 8. The normalized spacial score (nSPS) is 8.08. The van der Waals surface area contributed by atoms with Crippen molar-refractivity contribution in [2.24, 2.45) is 0 Å². The van der Waals surface area contributed by atoms with Crippen molar-refractivity contribution in [2.45, 2.75) is 107 Å². The van der Waals surface area contributed by atoms with Gasteiger partial charge in [0.05, 0.1) is 26.4 Å². The van der Waals surface area contributed by atoms with Crippen LogP contribution in [-0.2, 0) is 79.0 Å². The molecule has 0 aromatic carbocycles. The smallest absolute Gasteiger partial charge is 0.550 e. The van der Waals surface area contributed by atoms with Gasteiger partial charge in [0, 0.05) is 49.6 Å². The van der Waals surface area contributed by atoms with E-state index in [0.29, 0.717) is 25.7 Å². The molecule has 312 valence electrons. The van der Waals surface area contributed by atoms with Crippen molar-refractivity contribution in [3.8, 4) is 0 Å². The monoisotopic (exact) mass is 812 g/mol. The molecule has 0 bridgehead atoms. The van der Waals surface area contributed by atoms with E-state index in [9.17, 15) is 58.8 Å². The molecule has 0 rings (SSSR count). The molecule has 0 aromatic heterocycles. The van der Waals surface area contributed by atoms with Gasteiger partial charge in [0.2, 0.25) is 0 Å². The van der Waals surface area contributed by atoms with Crippen LogP contribution in [0, 0.1) is 0 Å². The number of hydrogen-bond donors (Lipinski definition) is 4. The Balaban J connectivity index is -0.0000000601. The Labute approximate surface area is 326 Å².